The first kappa shape index (κ1) is 71.9. The fourth-order valence-corrected chi connectivity index (χ4v) is 12.9. The third kappa shape index (κ3) is 14.9. The molecule has 0 bridgehead atoms. The van der Waals surface area contributed by atoms with Gasteiger partial charge in [0, 0.05) is 60.3 Å². The predicted molar refractivity (Wildman–Crippen MR) is 359 cm³/mol. The molecule has 0 radical (unpaired) electrons. The second-order valence-electron chi connectivity index (χ2n) is 28.3. The Hall–Kier alpha value is -8.36. The smallest absolute Gasteiger partial charge is 0.481 e. The van der Waals surface area contributed by atoms with Gasteiger partial charge in [0.15, 0.2) is 34.5 Å². The topological polar surface area (TPSA) is 288 Å². The number of rotatable bonds is 10. The maximum atomic E-state index is 13.2. The number of carboxylic acids is 1. The first-order valence-electron chi connectivity index (χ1n) is 31.6. The van der Waals surface area contributed by atoms with E-state index in [0.29, 0.717) is 28.6 Å². The van der Waals surface area contributed by atoms with Crippen LogP contribution >= 0.6 is 0 Å². The standard InChI is InChI=1S/C24H24N2O4.C24H26N2O3.C24H25NO3.C2H4O2.HNO2.Na.Zn/c1-23(2,3)18-10-14-4-6-16(12-17(14)21(18)26-28)25-22(27)24(8-9-24)15-5-7-19-20(11-15)30-13-29-19;1-23(2,3)18-10-14-4-6-16(12-17(14)21(18)25)26-22(27)24(8-9-24)15-5-7-19-20(11-15)29-13-28-19;1-23(2,3)18-10-15-4-6-19(12-16(15)11-18)25-22(26)24(8-9-24)17-5-7-20-21(13-17)28-14-27-20;1-2(3)4;2-1-3;;/h4-7,11-12H,8-10,13H2,1-3H3,(H,25,27);4-7,11-12H,8-10,13,25H2,1-3H3,(H,26,27);4-7,11-13H,8-10,14H2,1-3H3,(H,25,26);1H3,(H,3,4);(H,2,3);;/q;;;;;+1;/p-1. The van der Waals surface area contributed by atoms with E-state index in [0.717, 1.165) is 143 Å². The molecule has 0 atom stereocenters. The van der Waals surface area contributed by atoms with Crippen molar-refractivity contribution in [3.63, 3.8) is 0 Å². The maximum absolute atomic E-state index is 13.2. The van der Waals surface area contributed by atoms with Crippen LogP contribution in [0.15, 0.2) is 136 Å². The minimum Gasteiger partial charge on any atom is -0.481 e. The number of amides is 3. The second kappa shape index (κ2) is 28.0. The van der Waals surface area contributed by atoms with Crippen molar-refractivity contribution in [2.75, 3.05) is 36.3 Å². The Balaban J connectivity index is 0.000000159. The average Bonchev–Trinajstić information content (AvgIpc) is 1.60. The van der Waals surface area contributed by atoms with E-state index in [2.05, 4.69) is 108 Å². The Bertz CT molecular complexity index is 4180. The molecule has 3 heterocycles. The minimum atomic E-state index is -0.833. The largest absolute Gasteiger partial charge is 1.00 e. The predicted octanol–water partition coefficient (Wildman–Crippen LogP) is 11.9. The molecule has 6 N–H and O–H groups in total. The van der Waals surface area contributed by atoms with Crippen molar-refractivity contribution in [3.8, 4) is 34.5 Å². The summed E-state index contributed by atoms with van der Waals surface area (Å²) in [7, 11) is 0. The molecule has 6 aromatic carbocycles. The Kier molecular flexibility index (Phi) is 21.0. The van der Waals surface area contributed by atoms with E-state index in [1.54, 1.807) is 0 Å². The van der Waals surface area contributed by atoms with Gasteiger partial charge in [-0.25, -0.2) is 0 Å². The molecule has 3 aliphatic heterocycles. The summed E-state index contributed by atoms with van der Waals surface area (Å²) in [5.74, 6) is 3.54. The van der Waals surface area contributed by atoms with Crippen molar-refractivity contribution in [1.82, 2.24) is 0 Å². The number of nitrogens with zero attached hydrogens (tertiary/aromatic N) is 2. The molecular formula is C74H79N6NaO14Zn. The number of carbonyl (C=O) groups excluding carboxylic acids is 3. The molecular weight excluding hydrogens is 1290 g/mol. The first-order chi connectivity index (χ1) is 44.6. The van der Waals surface area contributed by atoms with Gasteiger partial charge >= 0.3 is 29.6 Å². The molecule has 3 saturated carbocycles. The number of aliphatic carboxylic acids is 1. The van der Waals surface area contributed by atoms with Crippen LogP contribution in [-0.4, -0.2) is 49.2 Å². The monoisotopic (exact) mass is 1360 g/mol. The van der Waals surface area contributed by atoms with Gasteiger partial charge in [-0.3, -0.25) is 19.2 Å². The fraction of sp³-hybridized carbons (Fsp3) is 0.378. The molecule has 6 aromatic rings. The average molecular weight is 1360 g/mol. The third-order valence-corrected chi connectivity index (χ3v) is 18.9. The van der Waals surface area contributed by atoms with Crippen LogP contribution in [0.5, 0.6) is 34.5 Å². The van der Waals surface area contributed by atoms with Crippen LogP contribution in [0.25, 0.3) is 17.5 Å². The van der Waals surface area contributed by atoms with E-state index in [1.807, 2.05) is 91.0 Å². The molecule has 0 aromatic heterocycles. The first-order valence-corrected chi connectivity index (χ1v) is 31.6. The summed E-state index contributed by atoms with van der Waals surface area (Å²) in [5, 5.41) is 29.1. The van der Waals surface area contributed by atoms with Crippen molar-refractivity contribution in [1.29, 1.82) is 0 Å². The van der Waals surface area contributed by atoms with Crippen molar-refractivity contribution in [2.24, 2.45) is 32.5 Å². The number of nitroso groups, excluding NO2 is 1. The van der Waals surface area contributed by atoms with Gasteiger partial charge in [-0.2, -0.15) is 0 Å². The molecule has 96 heavy (non-hydrogen) atoms. The molecule has 0 saturated heterocycles. The van der Waals surface area contributed by atoms with Gasteiger partial charge in [-0.15, -0.1) is 10.2 Å². The van der Waals surface area contributed by atoms with Crippen LogP contribution in [-0.2, 0) is 74.2 Å². The molecule has 6 aliphatic carbocycles. The van der Waals surface area contributed by atoms with E-state index in [4.69, 9.17) is 54.2 Å². The Morgan fingerprint density at radius 3 is 1.20 bits per heavy atom. The molecule has 0 spiro atoms. The Labute approximate surface area is 593 Å². The van der Waals surface area contributed by atoms with Gasteiger partial charge in [0.05, 0.1) is 16.2 Å². The summed E-state index contributed by atoms with van der Waals surface area (Å²) >= 11 is 0. The molecule has 492 valence electrons. The summed E-state index contributed by atoms with van der Waals surface area (Å²) in [6.45, 7) is 21.3. The molecule has 3 fully saturated rings. The van der Waals surface area contributed by atoms with Crippen molar-refractivity contribution in [3.05, 3.63) is 191 Å². The number of nitrogens with two attached hydrogens (primary N) is 1. The van der Waals surface area contributed by atoms with Crippen LogP contribution in [0, 0.1) is 31.3 Å². The SMILES string of the molecule is CC(=O)O.CC(C)(C)C1=C(N)c2cc(NC(=O)C3(c4ccc5c(c4)OCO5)CC3)ccc2C1.CC(C)(C)C1=C(N=O)c2cc(NC(=O)C3(c4ccc5c(c4)OCO5)CC3)ccc2C1.CC(C)(C)C1=Cc2cc(NC(=O)C3(c4ccc5c(c4)OCO5)CC3)ccc2C1.O=N[O-].[Na+].[Zn]. The van der Waals surface area contributed by atoms with Gasteiger partial charge in [-0.05, 0) is 202 Å². The van der Waals surface area contributed by atoms with Crippen LogP contribution in [0.1, 0.15) is 158 Å². The number of allylic oxidation sites excluding steroid dienone is 3. The Morgan fingerprint density at radius 2 is 0.833 bits per heavy atom. The molecule has 22 heteroatoms. The van der Waals surface area contributed by atoms with Gasteiger partial charge < -0.3 is 65.3 Å². The molecule has 0 unspecified atom stereocenters. The fourth-order valence-electron chi connectivity index (χ4n) is 12.9. The van der Waals surface area contributed by atoms with Crippen LogP contribution < -0.4 is 79.7 Å². The number of nitrogens with one attached hydrogen (secondary N) is 3. The third-order valence-electron chi connectivity index (χ3n) is 18.9. The normalized spacial score (nSPS) is 17.1. The van der Waals surface area contributed by atoms with Crippen LogP contribution in [0.3, 0.4) is 0 Å². The number of hydrogen-bond acceptors (Lipinski definition) is 16. The zero-order valence-electron chi connectivity index (χ0n) is 56.4. The van der Waals surface area contributed by atoms with E-state index in [1.165, 1.54) is 27.8 Å². The maximum Gasteiger partial charge on any atom is 1.00 e. The van der Waals surface area contributed by atoms with Crippen molar-refractivity contribution >= 4 is 58.2 Å². The zero-order chi connectivity index (χ0) is 67.3. The van der Waals surface area contributed by atoms with E-state index >= 15 is 0 Å². The number of hydrogen-bond donors (Lipinski definition) is 5. The number of carbonyl (C=O) groups is 4. The number of fused-ring (bicyclic) bond motifs is 6. The van der Waals surface area contributed by atoms with E-state index < -0.39 is 22.2 Å². The van der Waals surface area contributed by atoms with Gasteiger partial charge in [0.25, 0.3) is 5.97 Å². The molecule has 20 nitrogen and oxygen atoms in total. The van der Waals surface area contributed by atoms with Gasteiger partial charge in [0.1, 0.15) is 5.70 Å². The molecule has 3 amide bonds. The quantitative estimate of drug-likeness (QED) is 0.0484. The number of benzene rings is 6. The second-order valence-corrected chi connectivity index (χ2v) is 28.3. The molecule has 9 aliphatic rings. The summed E-state index contributed by atoms with van der Waals surface area (Å²) < 4.78 is 32.6. The summed E-state index contributed by atoms with van der Waals surface area (Å²) in [6, 6.07) is 35.4. The number of anilines is 3. The van der Waals surface area contributed by atoms with Crippen molar-refractivity contribution < 1.29 is 102 Å². The van der Waals surface area contributed by atoms with Gasteiger partial charge in [-0.1, -0.05) is 110 Å². The van der Waals surface area contributed by atoms with Crippen molar-refractivity contribution in [2.45, 2.75) is 143 Å². The van der Waals surface area contributed by atoms with E-state index in [-0.39, 0.29) is 103 Å². The summed E-state index contributed by atoms with van der Waals surface area (Å²) in [5.41, 5.74) is 22.1. The zero-order valence-corrected chi connectivity index (χ0v) is 61.4. The number of ether oxygens (including phenoxy) is 6. The number of carboxylic acid groups (broad SMARTS) is 1. The van der Waals surface area contributed by atoms with Crippen LogP contribution in [0.2, 0.25) is 0 Å². The minimum absolute atomic E-state index is 0. The molecule has 15 rings (SSSR count). The van der Waals surface area contributed by atoms with E-state index in [9.17, 15) is 19.3 Å². The Morgan fingerprint density at radius 1 is 0.490 bits per heavy atom. The van der Waals surface area contributed by atoms with Crippen LogP contribution in [0.4, 0.5) is 17.1 Å². The van der Waals surface area contributed by atoms with Gasteiger partial charge in [0.2, 0.25) is 38.1 Å². The summed E-state index contributed by atoms with van der Waals surface area (Å²) in [6.07, 6.45) is 9.82. The summed E-state index contributed by atoms with van der Waals surface area (Å²) in [4.78, 5) is 68.1.